The summed E-state index contributed by atoms with van der Waals surface area (Å²) in [5, 5.41) is 7.58. The van der Waals surface area contributed by atoms with Crippen molar-refractivity contribution < 1.29 is 4.79 Å². The minimum atomic E-state index is 0.115. The Morgan fingerprint density at radius 1 is 1.30 bits per heavy atom. The van der Waals surface area contributed by atoms with Crippen LogP contribution in [0.15, 0.2) is 36.7 Å². The van der Waals surface area contributed by atoms with E-state index in [2.05, 4.69) is 66.6 Å². The third-order valence-corrected chi connectivity index (χ3v) is 5.39. The van der Waals surface area contributed by atoms with Crippen molar-refractivity contribution in [3.63, 3.8) is 0 Å². The van der Waals surface area contributed by atoms with Crippen LogP contribution in [-0.2, 0) is 4.79 Å². The van der Waals surface area contributed by atoms with Crippen molar-refractivity contribution in [3.05, 3.63) is 53.4 Å². The predicted molar refractivity (Wildman–Crippen MR) is 110 cm³/mol. The van der Waals surface area contributed by atoms with Crippen molar-refractivity contribution in [2.45, 2.75) is 46.6 Å². The highest BCUT2D eigenvalue weighted by molar-refractivity contribution is 5.78. The van der Waals surface area contributed by atoms with Crippen LogP contribution < -0.4 is 5.32 Å². The first kappa shape index (κ1) is 19.4. The lowest BCUT2D eigenvalue weighted by Gasteiger charge is -2.26. The third kappa shape index (κ3) is 4.86. The highest BCUT2D eigenvalue weighted by Crippen LogP contribution is 2.23. The van der Waals surface area contributed by atoms with Gasteiger partial charge >= 0.3 is 0 Å². The standard InChI is InChI=1S/C22H30N4O/c1-5-18(4)24-22(27)15-25-10-8-19(9-11-25)20-13-23-26(14-20)21-7-6-16(2)17(3)12-21/h6-8,12-14,18H,5,9-11,15H2,1-4H3,(H,24,27). The van der Waals surface area contributed by atoms with E-state index in [1.54, 1.807) is 0 Å². The number of hydrogen-bond acceptors (Lipinski definition) is 3. The first-order chi connectivity index (χ1) is 13.0. The summed E-state index contributed by atoms with van der Waals surface area (Å²) in [6, 6.07) is 6.64. The number of nitrogens with zero attached hydrogens (tertiary/aromatic N) is 3. The molecule has 0 spiro atoms. The fourth-order valence-electron chi connectivity index (χ4n) is 3.24. The fraction of sp³-hybridized carbons (Fsp3) is 0.455. The van der Waals surface area contributed by atoms with Crippen LogP contribution in [0.2, 0.25) is 0 Å². The molecule has 0 saturated carbocycles. The second kappa shape index (κ2) is 8.53. The van der Waals surface area contributed by atoms with Gasteiger partial charge in [-0.1, -0.05) is 19.1 Å². The maximum atomic E-state index is 12.1. The van der Waals surface area contributed by atoms with Gasteiger partial charge in [0.1, 0.15) is 0 Å². The van der Waals surface area contributed by atoms with E-state index in [0.717, 1.165) is 37.2 Å². The lowest BCUT2D eigenvalue weighted by atomic mass is 10.0. The molecule has 1 aromatic heterocycles. The molecule has 0 bridgehead atoms. The molecule has 1 unspecified atom stereocenters. The van der Waals surface area contributed by atoms with Crippen molar-refractivity contribution in [1.29, 1.82) is 0 Å². The summed E-state index contributed by atoms with van der Waals surface area (Å²) in [6.45, 7) is 10.5. The van der Waals surface area contributed by atoms with E-state index in [1.165, 1.54) is 16.7 Å². The van der Waals surface area contributed by atoms with Crippen LogP contribution in [0.25, 0.3) is 11.3 Å². The Morgan fingerprint density at radius 2 is 2.11 bits per heavy atom. The largest absolute Gasteiger partial charge is 0.353 e. The van der Waals surface area contributed by atoms with Gasteiger partial charge in [0.15, 0.2) is 0 Å². The van der Waals surface area contributed by atoms with E-state index in [0.29, 0.717) is 6.54 Å². The number of rotatable bonds is 6. The van der Waals surface area contributed by atoms with Gasteiger partial charge in [-0.15, -0.1) is 0 Å². The summed E-state index contributed by atoms with van der Waals surface area (Å²) in [7, 11) is 0. The van der Waals surface area contributed by atoms with Crippen LogP contribution in [-0.4, -0.2) is 46.3 Å². The molecule has 144 valence electrons. The van der Waals surface area contributed by atoms with Gasteiger partial charge in [0.05, 0.1) is 18.4 Å². The Kier molecular flexibility index (Phi) is 6.11. The Bertz CT molecular complexity index is 837. The van der Waals surface area contributed by atoms with Crippen LogP contribution in [0, 0.1) is 13.8 Å². The maximum absolute atomic E-state index is 12.1. The Balaban J connectivity index is 1.62. The monoisotopic (exact) mass is 366 g/mol. The average Bonchev–Trinajstić information content (AvgIpc) is 3.14. The van der Waals surface area contributed by atoms with E-state index in [1.807, 2.05) is 17.8 Å². The molecule has 0 fully saturated rings. The molecule has 5 heteroatoms. The molecule has 1 aromatic carbocycles. The minimum absolute atomic E-state index is 0.115. The normalized spacial score (nSPS) is 16.1. The average molecular weight is 367 g/mol. The van der Waals surface area contributed by atoms with Gasteiger partial charge in [-0.3, -0.25) is 9.69 Å². The van der Waals surface area contributed by atoms with E-state index < -0.39 is 0 Å². The molecule has 0 radical (unpaired) electrons. The third-order valence-electron chi connectivity index (χ3n) is 5.39. The van der Waals surface area contributed by atoms with Crippen LogP contribution in [0.1, 0.15) is 43.4 Å². The topological polar surface area (TPSA) is 50.2 Å². The first-order valence-corrected chi connectivity index (χ1v) is 9.79. The molecule has 0 aliphatic carbocycles. The molecule has 2 aromatic rings. The van der Waals surface area contributed by atoms with Crippen LogP contribution in [0.5, 0.6) is 0 Å². The highest BCUT2D eigenvalue weighted by Gasteiger charge is 2.17. The van der Waals surface area contributed by atoms with E-state index in [-0.39, 0.29) is 11.9 Å². The summed E-state index contributed by atoms with van der Waals surface area (Å²) in [5.74, 6) is 0.115. The van der Waals surface area contributed by atoms with Crippen molar-refractivity contribution in [1.82, 2.24) is 20.0 Å². The predicted octanol–water partition coefficient (Wildman–Crippen LogP) is 3.49. The summed E-state index contributed by atoms with van der Waals surface area (Å²) in [4.78, 5) is 14.2. The Labute approximate surface area is 162 Å². The van der Waals surface area contributed by atoms with Gasteiger partial charge in [0.2, 0.25) is 5.91 Å². The number of amides is 1. The zero-order valence-corrected chi connectivity index (χ0v) is 16.8. The molecular formula is C22H30N4O. The number of benzene rings is 1. The second-order valence-corrected chi connectivity index (χ2v) is 7.53. The Morgan fingerprint density at radius 3 is 2.78 bits per heavy atom. The molecule has 1 atom stereocenters. The molecule has 27 heavy (non-hydrogen) atoms. The molecule has 3 rings (SSSR count). The molecule has 1 N–H and O–H groups in total. The quantitative estimate of drug-likeness (QED) is 0.851. The molecule has 1 aliphatic rings. The zero-order valence-electron chi connectivity index (χ0n) is 16.8. The van der Waals surface area contributed by atoms with Gasteiger partial charge in [-0.25, -0.2) is 4.68 Å². The number of nitrogens with one attached hydrogen (secondary N) is 1. The van der Waals surface area contributed by atoms with Crippen molar-refractivity contribution in [3.8, 4) is 5.69 Å². The van der Waals surface area contributed by atoms with Crippen LogP contribution in [0.4, 0.5) is 0 Å². The fourth-order valence-corrected chi connectivity index (χ4v) is 3.24. The number of carbonyl (C=O) groups excluding carboxylic acids is 1. The van der Waals surface area contributed by atoms with Gasteiger partial charge in [0, 0.05) is 30.9 Å². The van der Waals surface area contributed by atoms with E-state index >= 15 is 0 Å². The summed E-state index contributed by atoms with van der Waals surface area (Å²) >= 11 is 0. The second-order valence-electron chi connectivity index (χ2n) is 7.53. The molecule has 0 saturated heterocycles. The number of hydrogen-bond donors (Lipinski definition) is 1. The van der Waals surface area contributed by atoms with E-state index in [9.17, 15) is 4.79 Å². The number of aryl methyl sites for hydroxylation is 2. The first-order valence-electron chi connectivity index (χ1n) is 9.79. The molecule has 1 amide bonds. The number of aromatic nitrogens is 2. The zero-order chi connectivity index (χ0) is 19.4. The number of carbonyl (C=O) groups is 1. The lowest BCUT2D eigenvalue weighted by Crippen LogP contribution is -2.42. The van der Waals surface area contributed by atoms with E-state index in [4.69, 9.17) is 0 Å². The van der Waals surface area contributed by atoms with Crippen molar-refractivity contribution in [2.75, 3.05) is 19.6 Å². The molecular weight excluding hydrogens is 336 g/mol. The van der Waals surface area contributed by atoms with Gasteiger partial charge < -0.3 is 5.32 Å². The van der Waals surface area contributed by atoms with Gasteiger partial charge in [-0.05, 0) is 62.4 Å². The summed E-state index contributed by atoms with van der Waals surface area (Å²) in [6.07, 6.45) is 8.16. The minimum Gasteiger partial charge on any atom is -0.353 e. The van der Waals surface area contributed by atoms with Crippen LogP contribution in [0.3, 0.4) is 0 Å². The molecule has 1 aliphatic heterocycles. The molecule has 5 nitrogen and oxygen atoms in total. The highest BCUT2D eigenvalue weighted by atomic mass is 16.2. The van der Waals surface area contributed by atoms with Gasteiger partial charge in [-0.2, -0.15) is 5.10 Å². The SMILES string of the molecule is CCC(C)NC(=O)CN1CC=C(c2cnn(-c3ccc(C)c(C)c3)c2)CC1. The summed E-state index contributed by atoms with van der Waals surface area (Å²) < 4.78 is 1.94. The smallest absolute Gasteiger partial charge is 0.234 e. The van der Waals surface area contributed by atoms with Gasteiger partial charge in [0.25, 0.3) is 0 Å². The van der Waals surface area contributed by atoms with Crippen molar-refractivity contribution in [2.24, 2.45) is 0 Å². The lowest BCUT2D eigenvalue weighted by molar-refractivity contribution is -0.122. The Hall–Kier alpha value is -2.40. The van der Waals surface area contributed by atoms with Crippen LogP contribution >= 0.6 is 0 Å². The maximum Gasteiger partial charge on any atom is 0.234 e. The molecule has 2 heterocycles. The summed E-state index contributed by atoms with van der Waals surface area (Å²) in [5.41, 5.74) is 6.12. The van der Waals surface area contributed by atoms with Crippen molar-refractivity contribution >= 4 is 11.5 Å².